The third kappa shape index (κ3) is 5.35. The van der Waals surface area contributed by atoms with Crippen molar-refractivity contribution in [2.75, 3.05) is 11.1 Å². The summed E-state index contributed by atoms with van der Waals surface area (Å²) >= 11 is 1.48. The van der Waals surface area contributed by atoms with Crippen molar-refractivity contribution in [2.45, 2.75) is 34.1 Å². The minimum absolute atomic E-state index is 0.0366. The fourth-order valence-electron chi connectivity index (χ4n) is 3.74. The maximum Gasteiger partial charge on any atom is 0.234 e. The van der Waals surface area contributed by atoms with Crippen LogP contribution in [0.3, 0.4) is 0 Å². The minimum atomic E-state index is -0.0366. The molecule has 0 aromatic heterocycles. The average molecular weight is 442 g/mol. The Bertz CT molecular complexity index is 1210. The second-order valence-corrected chi connectivity index (χ2v) is 9.29. The Kier molecular flexibility index (Phi) is 6.56. The lowest BCUT2D eigenvalue weighted by Crippen LogP contribution is -2.16. The summed E-state index contributed by atoms with van der Waals surface area (Å²) in [6, 6.07) is 20.4. The van der Waals surface area contributed by atoms with E-state index in [-0.39, 0.29) is 5.91 Å². The summed E-state index contributed by atoms with van der Waals surface area (Å²) in [4.78, 5) is 22.5. The van der Waals surface area contributed by atoms with Crippen LogP contribution < -0.4 is 5.32 Å². The number of fused-ring (bicyclic) bond motifs is 1. The number of benzene rings is 3. The third-order valence-corrected chi connectivity index (χ3v) is 6.37. The molecule has 1 amide bonds. The first-order valence-electron chi connectivity index (χ1n) is 10.7. The number of nitrogens with zero attached hydrogens (tertiary/aromatic N) is 2. The number of amides is 1. The molecule has 0 atom stereocenters. The normalized spacial score (nSPS) is 13.0. The summed E-state index contributed by atoms with van der Waals surface area (Å²) < 4.78 is 0. The first-order chi connectivity index (χ1) is 15.4. The fraction of sp³-hybridized carbons (Fsp3) is 0.222. The summed E-state index contributed by atoms with van der Waals surface area (Å²) in [5.41, 5.74) is 9.25. The predicted octanol–water partition coefficient (Wildman–Crippen LogP) is 6.85. The fourth-order valence-corrected chi connectivity index (χ4v) is 4.51. The molecule has 5 heteroatoms. The zero-order valence-electron chi connectivity index (χ0n) is 18.9. The van der Waals surface area contributed by atoms with Gasteiger partial charge >= 0.3 is 0 Å². The second kappa shape index (κ2) is 9.53. The molecular weight excluding hydrogens is 414 g/mol. The van der Waals surface area contributed by atoms with Crippen LogP contribution in [0.2, 0.25) is 0 Å². The first kappa shape index (κ1) is 22.0. The average Bonchev–Trinajstić information content (AvgIpc) is 2.92. The van der Waals surface area contributed by atoms with Gasteiger partial charge in [-0.05, 0) is 79.8 Å². The molecule has 0 unspecified atom stereocenters. The summed E-state index contributed by atoms with van der Waals surface area (Å²) in [5, 5.41) is 3.91. The van der Waals surface area contributed by atoms with E-state index in [4.69, 9.17) is 9.98 Å². The number of aryl methyl sites for hydroxylation is 4. The Balaban J connectivity index is 1.57. The standard InChI is InChI=1S/C27H27N3OS/c1-17-10-18(2)12-22(11-17)28-26(31)16-32-27-15-23(21-8-6-5-7-9-21)29-24-13-19(3)20(4)14-25(24)30-27/h5-14H,15-16H2,1-4H3,(H,28,31). The quantitative estimate of drug-likeness (QED) is 0.481. The van der Waals surface area contributed by atoms with Crippen molar-refractivity contribution in [3.8, 4) is 0 Å². The molecule has 0 radical (unpaired) electrons. The molecule has 0 spiro atoms. The van der Waals surface area contributed by atoms with E-state index in [0.717, 1.165) is 44.5 Å². The van der Waals surface area contributed by atoms with Gasteiger partial charge in [-0.25, -0.2) is 4.99 Å². The highest BCUT2D eigenvalue weighted by atomic mass is 32.2. The van der Waals surface area contributed by atoms with Gasteiger partial charge in [-0.3, -0.25) is 9.79 Å². The summed E-state index contributed by atoms with van der Waals surface area (Å²) in [6.07, 6.45) is 0.596. The van der Waals surface area contributed by atoms with Crippen LogP contribution in [0, 0.1) is 27.7 Å². The van der Waals surface area contributed by atoms with E-state index in [2.05, 4.69) is 49.5 Å². The van der Waals surface area contributed by atoms with Crippen LogP contribution in [-0.2, 0) is 4.79 Å². The molecule has 1 heterocycles. The molecule has 1 aliphatic heterocycles. The van der Waals surface area contributed by atoms with Crippen molar-refractivity contribution in [3.63, 3.8) is 0 Å². The molecule has 3 aromatic rings. The van der Waals surface area contributed by atoms with Crippen molar-refractivity contribution in [2.24, 2.45) is 9.98 Å². The number of aliphatic imine (C=N–C) groups is 2. The number of anilines is 1. The molecule has 0 bridgehead atoms. The van der Waals surface area contributed by atoms with Crippen molar-refractivity contribution in [1.29, 1.82) is 0 Å². The topological polar surface area (TPSA) is 53.8 Å². The van der Waals surface area contributed by atoms with E-state index < -0.39 is 0 Å². The van der Waals surface area contributed by atoms with Gasteiger partial charge < -0.3 is 5.32 Å². The maximum absolute atomic E-state index is 12.6. The van der Waals surface area contributed by atoms with Crippen LogP contribution >= 0.6 is 11.8 Å². The second-order valence-electron chi connectivity index (χ2n) is 8.25. The monoisotopic (exact) mass is 441 g/mol. The zero-order chi connectivity index (χ0) is 22.7. The molecule has 0 saturated heterocycles. The molecule has 4 nitrogen and oxygen atoms in total. The van der Waals surface area contributed by atoms with Crippen LogP contribution in [0.15, 0.2) is 70.6 Å². The molecular formula is C27H27N3OS. The Hall–Kier alpha value is -3.18. The van der Waals surface area contributed by atoms with Crippen LogP contribution in [0.25, 0.3) is 0 Å². The summed E-state index contributed by atoms with van der Waals surface area (Å²) in [6.45, 7) is 8.24. The van der Waals surface area contributed by atoms with Gasteiger partial charge in [0, 0.05) is 12.1 Å². The lowest BCUT2D eigenvalue weighted by Gasteiger charge is -2.09. The highest BCUT2D eigenvalue weighted by molar-refractivity contribution is 8.14. The number of nitrogens with one attached hydrogen (secondary N) is 1. The first-order valence-corrected chi connectivity index (χ1v) is 11.7. The molecule has 162 valence electrons. The van der Waals surface area contributed by atoms with Gasteiger partial charge in [-0.2, -0.15) is 0 Å². The third-order valence-electron chi connectivity index (χ3n) is 5.39. The lowest BCUT2D eigenvalue weighted by molar-refractivity contribution is -0.113. The number of hydrogen-bond donors (Lipinski definition) is 1. The van der Waals surface area contributed by atoms with Crippen molar-refractivity contribution in [3.05, 3.63) is 88.5 Å². The van der Waals surface area contributed by atoms with Gasteiger partial charge in [-0.15, -0.1) is 11.8 Å². The Morgan fingerprint density at radius 1 is 0.875 bits per heavy atom. The van der Waals surface area contributed by atoms with Crippen LogP contribution in [0.4, 0.5) is 17.1 Å². The Labute approximate surface area is 193 Å². The molecule has 4 rings (SSSR count). The number of carbonyl (C=O) groups excluding carboxylic acids is 1. The molecule has 0 aliphatic carbocycles. The van der Waals surface area contributed by atoms with Crippen molar-refractivity contribution < 1.29 is 4.79 Å². The van der Waals surface area contributed by atoms with E-state index in [1.807, 2.05) is 44.2 Å². The van der Waals surface area contributed by atoms with E-state index in [1.165, 1.54) is 22.9 Å². The number of rotatable bonds is 4. The largest absolute Gasteiger partial charge is 0.325 e. The predicted molar refractivity (Wildman–Crippen MR) is 137 cm³/mol. The van der Waals surface area contributed by atoms with Crippen LogP contribution in [-0.4, -0.2) is 22.4 Å². The van der Waals surface area contributed by atoms with Crippen LogP contribution in [0.1, 0.15) is 34.2 Å². The van der Waals surface area contributed by atoms with Crippen molar-refractivity contribution >= 4 is 45.5 Å². The molecule has 32 heavy (non-hydrogen) atoms. The molecule has 3 aromatic carbocycles. The minimum Gasteiger partial charge on any atom is -0.325 e. The van der Waals surface area contributed by atoms with E-state index in [0.29, 0.717) is 12.2 Å². The smallest absolute Gasteiger partial charge is 0.234 e. The van der Waals surface area contributed by atoms with Gasteiger partial charge in [0.25, 0.3) is 0 Å². The highest BCUT2D eigenvalue weighted by Crippen LogP contribution is 2.36. The van der Waals surface area contributed by atoms with Gasteiger partial charge in [0.05, 0.1) is 27.9 Å². The zero-order valence-corrected chi connectivity index (χ0v) is 19.7. The SMILES string of the molecule is Cc1cc(C)cc(NC(=O)CSC2=Nc3cc(C)c(C)cc3N=C(c3ccccc3)C2)c1. The molecule has 0 saturated carbocycles. The van der Waals surface area contributed by atoms with E-state index in [9.17, 15) is 4.79 Å². The summed E-state index contributed by atoms with van der Waals surface area (Å²) in [7, 11) is 0. The van der Waals surface area contributed by atoms with Gasteiger partial charge in [0.2, 0.25) is 5.91 Å². The number of thioether (sulfide) groups is 1. The number of hydrogen-bond acceptors (Lipinski definition) is 4. The lowest BCUT2D eigenvalue weighted by atomic mass is 10.1. The van der Waals surface area contributed by atoms with Crippen LogP contribution in [0.5, 0.6) is 0 Å². The highest BCUT2D eigenvalue weighted by Gasteiger charge is 2.17. The Morgan fingerprint density at radius 2 is 1.50 bits per heavy atom. The van der Waals surface area contributed by atoms with Gasteiger partial charge in [0.15, 0.2) is 0 Å². The van der Waals surface area contributed by atoms with Gasteiger partial charge in [-0.1, -0.05) is 36.4 Å². The Morgan fingerprint density at radius 3 is 2.16 bits per heavy atom. The van der Waals surface area contributed by atoms with Crippen molar-refractivity contribution in [1.82, 2.24) is 0 Å². The molecule has 1 N–H and O–H groups in total. The molecule has 0 fully saturated rings. The van der Waals surface area contributed by atoms with Gasteiger partial charge in [0.1, 0.15) is 0 Å². The maximum atomic E-state index is 12.6. The van der Waals surface area contributed by atoms with E-state index >= 15 is 0 Å². The molecule has 1 aliphatic rings. The summed E-state index contributed by atoms with van der Waals surface area (Å²) in [5.74, 6) is 0.263. The number of carbonyl (C=O) groups is 1. The van der Waals surface area contributed by atoms with E-state index in [1.54, 1.807) is 0 Å².